The minimum Gasteiger partial charge on any atom is -0.478 e. The Morgan fingerprint density at radius 3 is 2.00 bits per heavy atom. The lowest BCUT2D eigenvalue weighted by Gasteiger charge is -2.17. The number of rotatable bonds is 5. The van der Waals surface area contributed by atoms with Gasteiger partial charge in [0.2, 0.25) is 0 Å². The molecule has 8 nitrogen and oxygen atoms in total. The number of hydrogen-bond donors (Lipinski definition) is 3. The highest BCUT2D eigenvalue weighted by Gasteiger charge is 2.38. The van der Waals surface area contributed by atoms with E-state index in [1.54, 1.807) is 50.2 Å². The summed E-state index contributed by atoms with van der Waals surface area (Å²) in [7, 11) is -0.334. The molecule has 2 rings (SSSR count). The van der Waals surface area contributed by atoms with E-state index in [1.807, 2.05) is 0 Å². The van der Waals surface area contributed by atoms with E-state index in [1.165, 1.54) is 18.2 Å². The van der Waals surface area contributed by atoms with Crippen molar-refractivity contribution in [2.24, 2.45) is 0 Å². The van der Waals surface area contributed by atoms with Crippen LogP contribution in [-0.2, 0) is 14.8 Å². The molecule has 0 aliphatic heterocycles. The summed E-state index contributed by atoms with van der Waals surface area (Å²) in [5.41, 5.74) is 1.34. The number of halogens is 3. The van der Waals surface area contributed by atoms with Gasteiger partial charge in [-0.05, 0) is 36.8 Å². The van der Waals surface area contributed by atoms with Crippen LogP contribution in [0.5, 0.6) is 0 Å². The summed E-state index contributed by atoms with van der Waals surface area (Å²) in [4.78, 5) is 22.1. The molecule has 12 heteroatoms. The van der Waals surface area contributed by atoms with Crippen molar-refractivity contribution in [2.75, 3.05) is 23.7 Å². The Morgan fingerprint density at radius 1 is 1.03 bits per heavy atom. The molecule has 2 aromatic carbocycles. The van der Waals surface area contributed by atoms with E-state index in [4.69, 9.17) is 9.90 Å². The number of nitrogens with zero attached hydrogens (tertiary/aromatic N) is 1. The number of sulfonamides is 1. The normalized spacial score (nSPS) is 11.1. The Balaban J connectivity index is 0.000000553. The number of carboxylic acids is 2. The average molecular weight is 448 g/mol. The lowest BCUT2D eigenvalue weighted by molar-refractivity contribution is -0.192. The summed E-state index contributed by atoms with van der Waals surface area (Å²) in [6, 6.07) is 11.0. The molecule has 0 atom stereocenters. The Labute approximate surface area is 170 Å². The first kappa shape index (κ1) is 24.8. The van der Waals surface area contributed by atoms with E-state index >= 15 is 0 Å². The van der Waals surface area contributed by atoms with Crippen molar-refractivity contribution in [3.63, 3.8) is 0 Å². The van der Waals surface area contributed by atoms with Gasteiger partial charge in [0.1, 0.15) is 0 Å². The molecule has 0 aromatic heterocycles. The molecule has 0 bridgehead atoms. The third kappa shape index (κ3) is 6.65. The van der Waals surface area contributed by atoms with Crippen LogP contribution in [0.1, 0.15) is 15.9 Å². The molecule has 0 heterocycles. The predicted molar refractivity (Wildman–Crippen MR) is 103 cm³/mol. The SMILES string of the molecule is Cc1ccccc1S(=O)(=O)Nc1ccc(N(C)C)c(C(=O)O)c1.O=C(O)C(F)(F)F. The van der Waals surface area contributed by atoms with Crippen LogP contribution in [0.15, 0.2) is 47.4 Å². The van der Waals surface area contributed by atoms with Gasteiger partial charge in [-0.2, -0.15) is 13.2 Å². The van der Waals surface area contributed by atoms with Crippen molar-refractivity contribution >= 4 is 33.3 Å². The average Bonchev–Trinajstić information content (AvgIpc) is 2.61. The minimum absolute atomic E-state index is 0.0278. The zero-order chi connectivity index (χ0) is 23.3. The van der Waals surface area contributed by atoms with Crippen LogP contribution in [0.4, 0.5) is 24.5 Å². The number of hydrogen-bond acceptors (Lipinski definition) is 5. The number of anilines is 2. The third-order valence-electron chi connectivity index (χ3n) is 3.59. The Morgan fingerprint density at radius 2 is 1.57 bits per heavy atom. The van der Waals surface area contributed by atoms with Crippen molar-refractivity contribution in [1.82, 2.24) is 0 Å². The number of benzene rings is 2. The molecule has 0 aliphatic carbocycles. The van der Waals surface area contributed by atoms with Crippen LogP contribution < -0.4 is 9.62 Å². The number of aryl methyl sites for hydroxylation is 1. The molecule has 0 spiro atoms. The van der Waals surface area contributed by atoms with E-state index < -0.39 is 28.1 Å². The van der Waals surface area contributed by atoms with E-state index in [2.05, 4.69) is 4.72 Å². The third-order valence-corrected chi connectivity index (χ3v) is 5.13. The van der Waals surface area contributed by atoms with Crippen molar-refractivity contribution in [1.29, 1.82) is 0 Å². The Bertz CT molecular complexity index is 1040. The number of alkyl halides is 3. The second kappa shape index (κ2) is 9.48. The Hall–Kier alpha value is -3.28. The highest BCUT2D eigenvalue weighted by Crippen LogP contribution is 2.25. The zero-order valence-corrected chi connectivity index (χ0v) is 16.9. The van der Waals surface area contributed by atoms with Gasteiger partial charge in [-0.15, -0.1) is 0 Å². The summed E-state index contributed by atoms with van der Waals surface area (Å²) in [6.45, 7) is 1.70. The van der Waals surface area contributed by atoms with Gasteiger partial charge >= 0.3 is 18.1 Å². The molecule has 0 saturated carbocycles. The van der Waals surface area contributed by atoms with Gasteiger partial charge in [0.25, 0.3) is 10.0 Å². The molecule has 2 aromatic rings. The quantitative estimate of drug-likeness (QED) is 0.642. The molecule has 3 N–H and O–H groups in total. The largest absolute Gasteiger partial charge is 0.490 e. The summed E-state index contributed by atoms with van der Waals surface area (Å²) in [6.07, 6.45) is -5.08. The molecule has 0 aliphatic rings. The maximum Gasteiger partial charge on any atom is 0.490 e. The number of carboxylic acid groups (broad SMARTS) is 2. The van der Waals surface area contributed by atoms with E-state index in [-0.39, 0.29) is 16.1 Å². The van der Waals surface area contributed by atoms with Gasteiger partial charge in [-0.3, -0.25) is 4.72 Å². The lowest BCUT2D eigenvalue weighted by atomic mass is 10.1. The summed E-state index contributed by atoms with van der Waals surface area (Å²) >= 11 is 0. The minimum atomic E-state index is -5.08. The van der Waals surface area contributed by atoms with Gasteiger partial charge in [0.15, 0.2) is 0 Å². The molecular weight excluding hydrogens is 429 g/mol. The molecular formula is C18H19F3N2O6S. The second-order valence-corrected chi connectivity index (χ2v) is 7.76. The monoisotopic (exact) mass is 448 g/mol. The molecule has 30 heavy (non-hydrogen) atoms. The summed E-state index contributed by atoms with van der Waals surface area (Å²) in [5, 5.41) is 16.4. The van der Waals surface area contributed by atoms with E-state index in [0.717, 1.165) is 0 Å². The maximum atomic E-state index is 12.5. The van der Waals surface area contributed by atoms with Crippen molar-refractivity contribution in [2.45, 2.75) is 18.0 Å². The molecule has 0 saturated heterocycles. The highest BCUT2D eigenvalue weighted by atomic mass is 32.2. The van der Waals surface area contributed by atoms with E-state index in [9.17, 15) is 31.5 Å². The molecule has 0 fully saturated rings. The van der Waals surface area contributed by atoms with Crippen LogP contribution in [0.2, 0.25) is 0 Å². The lowest BCUT2D eigenvalue weighted by Crippen LogP contribution is -2.21. The van der Waals surface area contributed by atoms with Gasteiger partial charge in [0.05, 0.1) is 16.1 Å². The van der Waals surface area contributed by atoms with Gasteiger partial charge < -0.3 is 15.1 Å². The van der Waals surface area contributed by atoms with Crippen LogP contribution in [0.25, 0.3) is 0 Å². The van der Waals surface area contributed by atoms with Gasteiger partial charge in [-0.1, -0.05) is 18.2 Å². The second-order valence-electron chi connectivity index (χ2n) is 6.11. The fourth-order valence-corrected chi connectivity index (χ4v) is 3.53. The topological polar surface area (TPSA) is 124 Å². The van der Waals surface area contributed by atoms with Crippen molar-refractivity contribution in [3.05, 3.63) is 53.6 Å². The van der Waals surface area contributed by atoms with Crippen molar-refractivity contribution in [3.8, 4) is 0 Å². The summed E-state index contributed by atoms with van der Waals surface area (Å²) in [5.74, 6) is -3.88. The molecule has 0 amide bonds. The van der Waals surface area contributed by atoms with Crippen LogP contribution in [0.3, 0.4) is 0 Å². The standard InChI is InChI=1S/C16H18N2O4S.C2HF3O2/c1-11-6-4-5-7-15(11)23(21,22)17-12-8-9-14(18(2)3)13(10-12)16(19)20;3-2(4,5)1(6)7/h4-10,17H,1-3H3,(H,19,20);(H,6,7). The fraction of sp³-hybridized carbons (Fsp3) is 0.222. The van der Waals surface area contributed by atoms with E-state index in [0.29, 0.717) is 11.3 Å². The summed E-state index contributed by atoms with van der Waals surface area (Å²) < 4.78 is 59.1. The maximum absolute atomic E-state index is 12.5. The Kier molecular flexibility index (Phi) is 7.82. The number of aliphatic carboxylic acids is 1. The zero-order valence-electron chi connectivity index (χ0n) is 16.1. The first-order valence-corrected chi connectivity index (χ1v) is 9.58. The van der Waals surface area contributed by atoms with Crippen LogP contribution in [0, 0.1) is 6.92 Å². The molecule has 0 unspecified atom stereocenters. The number of carbonyl (C=O) groups is 2. The number of nitrogens with one attached hydrogen (secondary N) is 1. The van der Waals surface area contributed by atoms with Gasteiger partial charge in [0, 0.05) is 19.8 Å². The first-order valence-electron chi connectivity index (χ1n) is 8.10. The highest BCUT2D eigenvalue weighted by molar-refractivity contribution is 7.92. The molecule has 164 valence electrons. The van der Waals surface area contributed by atoms with Crippen LogP contribution in [-0.4, -0.2) is 50.8 Å². The molecule has 0 radical (unpaired) electrons. The number of aromatic carboxylic acids is 1. The predicted octanol–water partition coefficient (Wildman–Crippen LogP) is 3.19. The van der Waals surface area contributed by atoms with Crippen LogP contribution >= 0.6 is 0 Å². The van der Waals surface area contributed by atoms with Crippen molar-refractivity contribution < 1.29 is 41.4 Å². The fourth-order valence-electron chi connectivity index (χ4n) is 2.23. The smallest absolute Gasteiger partial charge is 0.478 e. The van der Waals surface area contributed by atoms with Gasteiger partial charge in [-0.25, -0.2) is 18.0 Å². The first-order chi connectivity index (χ1) is 13.7.